The van der Waals surface area contributed by atoms with Gasteiger partial charge in [-0.25, -0.2) is 18.2 Å². The van der Waals surface area contributed by atoms with Crippen molar-refractivity contribution in [1.29, 1.82) is 0 Å². The largest absolute Gasteiger partial charge is 0.454 e. The summed E-state index contributed by atoms with van der Waals surface area (Å²) in [5, 5.41) is 0.832. The van der Waals surface area contributed by atoms with Crippen LogP contribution in [0, 0.1) is 0 Å². The fraction of sp³-hybridized carbons (Fsp3) is 0.346. The average Bonchev–Trinajstić information content (AvgIpc) is 3.40. The molecular formula is C26H27N3O5S. The molecule has 2 aromatic carbocycles. The first-order valence-electron chi connectivity index (χ1n) is 11.8. The molecule has 1 saturated heterocycles. The summed E-state index contributed by atoms with van der Waals surface area (Å²) >= 11 is 0. The van der Waals surface area contributed by atoms with Crippen LogP contribution in [0.15, 0.2) is 48.5 Å². The first-order chi connectivity index (χ1) is 16.8. The predicted molar refractivity (Wildman–Crippen MR) is 135 cm³/mol. The standard InChI is InChI=1S/C26H27N3O5S/c1-35(32,33)29-14-6-8-19-15-20(10-11-23(19)29)24(30)17-34-26(31)21-16-18-7-2-3-9-22(18)27-25(21)28-12-4-5-13-28/h2-3,7,9-11,15-16H,4-6,8,12-14,17H2,1H3. The second-order valence-corrected chi connectivity index (χ2v) is 10.9. The normalized spacial score (nSPS) is 15.8. The Hall–Kier alpha value is -3.46. The summed E-state index contributed by atoms with van der Waals surface area (Å²) in [4.78, 5) is 32.7. The van der Waals surface area contributed by atoms with Crippen molar-refractivity contribution < 1.29 is 22.7 Å². The molecule has 9 heteroatoms. The van der Waals surface area contributed by atoms with Gasteiger partial charge in [-0.05, 0) is 61.6 Å². The third kappa shape index (κ3) is 4.73. The maximum atomic E-state index is 13.1. The molecule has 1 aromatic heterocycles. The number of benzene rings is 2. The molecule has 0 amide bonds. The molecule has 0 saturated carbocycles. The van der Waals surface area contributed by atoms with E-state index in [2.05, 4.69) is 4.90 Å². The van der Waals surface area contributed by atoms with E-state index in [1.807, 2.05) is 24.3 Å². The minimum atomic E-state index is -3.38. The molecule has 182 valence electrons. The number of ketones is 1. The zero-order chi connectivity index (χ0) is 24.6. The number of anilines is 2. The number of carbonyl (C=O) groups is 2. The van der Waals surface area contributed by atoms with Crippen molar-refractivity contribution in [2.75, 3.05) is 41.7 Å². The zero-order valence-electron chi connectivity index (χ0n) is 19.6. The van der Waals surface area contributed by atoms with E-state index in [0.29, 0.717) is 42.0 Å². The van der Waals surface area contributed by atoms with Gasteiger partial charge in [0.1, 0.15) is 11.4 Å². The van der Waals surface area contributed by atoms with E-state index in [0.717, 1.165) is 42.4 Å². The molecule has 0 N–H and O–H groups in total. The quantitative estimate of drug-likeness (QED) is 0.382. The van der Waals surface area contributed by atoms with Crippen molar-refractivity contribution in [1.82, 2.24) is 4.98 Å². The van der Waals surface area contributed by atoms with Crippen LogP contribution in [0.5, 0.6) is 0 Å². The van der Waals surface area contributed by atoms with Gasteiger partial charge in [0, 0.05) is 30.6 Å². The van der Waals surface area contributed by atoms with Crippen LogP contribution in [-0.4, -0.2) is 57.7 Å². The number of nitrogens with zero attached hydrogens (tertiary/aromatic N) is 3. The van der Waals surface area contributed by atoms with E-state index in [4.69, 9.17) is 9.72 Å². The predicted octanol–water partition coefficient (Wildman–Crippen LogP) is 3.59. The van der Waals surface area contributed by atoms with Crippen LogP contribution in [0.1, 0.15) is 45.5 Å². The Morgan fingerprint density at radius 3 is 2.54 bits per heavy atom. The third-order valence-corrected chi connectivity index (χ3v) is 7.72. The number of aryl methyl sites for hydroxylation is 1. The molecule has 3 heterocycles. The zero-order valence-corrected chi connectivity index (χ0v) is 20.4. The molecule has 2 aliphatic heterocycles. The van der Waals surface area contributed by atoms with E-state index in [1.54, 1.807) is 24.3 Å². The molecule has 0 bridgehead atoms. The molecule has 0 radical (unpaired) electrons. The number of ether oxygens (including phenoxy) is 1. The molecule has 5 rings (SSSR count). The van der Waals surface area contributed by atoms with Gasteiger partial charge in [0.25, 0.3) is 0 Å². The van der Waals surface area contributed by atoms with Gasteiger partial charge in [0.05, 0.1) is 17.5 Å². The number of Topliss-reactive ketones (excluding diaryl/α,β-unsaturated/α-hetero) is 1. The van der Waals surface area contributed by atoms with Crippen molar-refractivity contribution in [3.8, 4) is 0 Å². The number of sulfonamides is 1. The molecule has 0 spiro atoms. The molecule has 2 aliphatic rings. The van der Waals surface area contributed by atoms with Crippen molar-refractivity contribution in [2.45, 2.75) is 25.7 Å². The molecule has 0 aliphatic carbocycles. The Kier molecular flexibility index (Phi) is 6.19. The fourth-order valence-electron chi connectivity index (χ4n) is 4.80. The maximum absolute atomic E-state index is 13.1. The van der Waals surface area contributed by atoms with E-state index in [1.165, 1.54) is 10.6 Å². The topological polar surface area (TPSA) is 96.9 Å². The molecule has 0 atom stereocenters. The Bertz CT molecular complexity index is 1410. The smallest absolute Gasteiger partial charge is 0.342 e. The van der Waals surface area contributed by atoms with Crippen molar-refractivity contribution in [3.63, 3.8) is 0 Å². The SMILES string of the molecule is CS(=O)(=O)N1CCCc2cc(C(=O)COC(=O)c3cc4ccccc4nc3N3CCCC3)ccc21. The summed E-state index contributed by atoms with van der Waals surface area (Å²) in [6, 6.07) is 14.3. The van der Waals surface area contributed by atoms with Crippen LogP contribution >= 0.6 is 0 Å². The number of rotatable bonds is 6. The van der Waals surface area contributed by atoms with Gasteiger partial charge in [-0.15, -0.1) is 0 Å². The van der Waals surface area contributed by atoms with E-state index < -0.39 is 22.6 Å². The lowest BCUT2D eigenvalue weighted by Gasteiger charge is -2.29. The summed E-state index contributed by atoms with van der Waals surface area (Å²) < 4.78 is 31.0. The number of hydrogen-bond donors (Lipinski definition) is 0. The molecule has 8 nitrogen and oxygen atoms in total. The van der Waals surface area contributed by atoms with Crippen LogP contribution in [0.25, 0.3) is 10.9 Å². The second-order valence-electron chi connectivity index (χ2n) is 9.03. The van der Waals surface area contributed by atoms with Gasteiger partial charge in [0.15, 0.2) is 12.4 Å². The Morgan fingerprint density at radius 1 is 1.00 bits per heavy atom. The summed E-state index contributed by atoms with van der Waals surface area (Å²) in [7, 11) is -3.38. The Labute approximate surface area is 204 Å². The number of fused-ring (bicyclic) bond motifs is 2. The highest BCUT2D eigenvalue weighted by atomic mass is 32.2. The Balaban J connectivity index is 1.35. The van der Waals surface area contributed by atoms with Crippen molar-refractivity contribution in [3.05, 3.63) is 65.2 Å². The number of carbonyl (C=O) groups excluding carboxylic acids is 2. The molecule has 1 fully saturated rings. The number of esters is 1. The first kappa shape index (κ1) is 23.3. The van der Waals surface area contributed by atoms with Crippen LogP contribution in [-0.2, 0) is 21.2 Å². The summed E-state index contributed by atoms with van der Waals surface area (Å²) in [5.74, 6) is -0.331. The van der Waals surface area contributed by atoms with Crippen molar-refractivity contribution >= 4 is 44.2 Å². The minimum absolute atomic E-state index is 0.339. The third-order valence-electron chi connectivity index (χ3n) is 6.54. The summed E-state index contributed by atoms with van der Waals surface area (Å²) in [6.07, 6.45) is 4.62. The van der Waals surface area contributed by atoms with Gasteiger partial charge in [-0.2, -0.15) is 0 Å². The van der Waals surface area contributed by atoms with E-state index in [9.17, 15) is 18.0 Å². The van der Waals surface area contributed by atoms with Gasteiger partial charge in [-0.1, -0.05) is 18.2 Å². The molecule has 35 heavy (non-hydrogen) atoms. The van der Waals surface area contributed by atoms with E-state index in [-0.39, 0.29) is 5.78 Å². The van der Waals surface area contributed by atoms with Crippen LogP contribution < -0.4 is 9.21 Å². The van der Waals surface area contributed by atoms with E-state index >= 15 is 0 Å². The highest BCUT2D eigenvalue weighted by Gasteiger charge is 2.26. The number of aromatic nitrogens is 1. The fourth-order valence-corrected chi connectivity index (χ4v) is 5.79. The lowest BCUT2D eigenvalue weighted by molar-refractivity contribution is 0.0475. The Morgan fingerprint density at radius 2 is 1.77 bits per heavy atom. The molecule has 0 unspecified atom stereocenters. The first-order valence-corrected chi connectivity index (χ1v) is 13.6. The summed E-state index contributed by atoms with van der Waals surface area (Å²) in [6.45, 7) is 1.67. The second kappa shape index (κ2) is 9.30. The van der Waals surface area contributed by atoms with Gasteiger partial charge >= 0.3 is 5.97 Å². The average molecular weight is 494 g/mol. The van der Waals surface area contributed by atoms with Gasteiger partial charge < -0.3 is 9.64 Å². The number of pyridine rings is 1. The van der Waals surface area contributed by atoms with Crippen LogP contribution in [0.2, 0.25) is 0 Å². The molecular weight excluding hydrogens is 466 g/mol. The molecule has 3 aromatic rings. The lowest BCUT2D eigenvalue weighted by atomic mass is 9.99. The highest BCUT2D eigenvalue weighted by Crippen LogP contribution is 2.30. The van der Waals surface area contributed by atoms with Gasteiger partial charge in [-0.3, -0.25) is 9.10 Å². The monoisotopic (exact) mass is 493 g/mol. The minimum Gasteiger partial charge on any atom is -0.454 e. The van der Waals surface area contributed by atoms with Gasteiger partial charge in [0.2, 0.25) is 10.0 Å². The lowest BCUT2D eigenvalue weighted by Crippen LogP contribution is -2.34. The number of hydrogen-bond acceptors (Lipinski definition) is 7. The number of para-hydroxylation sites is 1. The summed E-state index contributed by atoms with van der Waals surface area (Å²) in [5.41, 5.74) is 2.95. The van der Waals surface area contributed by atoms with Crippen molar-refractivity contribution in [2.24, 2.45) is 0 Å². The van der Waals surface area contributed by atoms with Crippen LogP contribution in [0.3, 0.4) is 0 Å². The maximum Gasteiger partial charge on any atom is 0.342 e. The highest BCUT2D eigenvalue weighted by molar-refractivity contribution is 7.92. The van der Waals surface area contributed by atoms with Crippen LogP contribution in [0.4, 0.5) is 11.5 Å².